The molecule has 4 aromatic carbocycles. The minimum absolute atomic E-state index is 0. The molecule has 2 N–H and O–H groups in total. The number of hydrogen-bond acceptors (Lipinski definition) is 10. The number of phosphoric ester groups is 2. The Morgan fingerprint density at radius 1 is 0.480 bits per heavy atom. The second-order valence-corrected chi connectivity index (χ2v) is 13.9. The highest BCUT2D eigenvalue weighted by molar-refractivity contribution is 7.48. The van der Waals surface area contributed by atoms with Gasteiger partial charge in [0.25, 0.3) is 0 Å². The Kier molecular flexibility index (Phi) is 21.0. The maximum absolute atomic E-state index is 12.8. The lowest BCUT2D eigenvalue weighted by molar-refractivity contribution is -0.137. The second-order valence-electron chi connectivity index (χ2n) is 10.5. The molecule has 0 fully saturated rings. The summed E-state index contributed by atoms with van der Waals surface area (Å²) in [5.74, 6) is -0.936. The number of carboxylic acid groups (broad SMARTS) is 1. The van der Waals surface area contributed by atoms with E-state index in [1.807, 2.05) is 121 Å². The zero-order chi connectivity index (χ0) is 35.0. The average Bonchev–Trinajstić information content (AvgIpc) is 3.14. The number of benzene rings is 4. The number of aliphatic hydroxyl groups excluding tert-OH is 1. The molecule has 0 aliphatic carbocycles. The molecular weight excluding hydrogens is 682 g/mol. The minimum atomic E-state index is -3.80. The van der Waals surface area contributed by atoms with Gasteiger partial charge in [-0.05, 0) is 41.5 Å². The quantitative estimate of drug-likeness (QED) is 0.0589. The van der Waals surface area contributed by atoms with Gasteiger partial charge in [-0.3, -0.25) is 31.9 Å². The van der Waals surface area contributed by atoms with E-state index in [0.717, 1.165) is 22.3 Å². The van der Waals surface area contributed by atoms with Crippen molar-refractivity contribution >= 4 is 21.6 Å². The number of hydrogen-bond donors (Lipinski definition) is 2. The smallest absolute Gasteiger partial charge is 0.475 e. The number of carbonyl (C=O) groups is 1. The van der Waals surface area contributed by atoms with Crippen LogP contribution in [0.4, 0.5) is 0 Å². The predicted molar refractivity (Wildman–Crippen MR) is 192 cm³/mol. The molecule has 0 radical (unpaired) electrons. The molecule has 4 aromatic rings. The van der Waals surface area contributed by atoms with E-state index in [4.69, 9.17) is 37.4 Å². The van der Waals surface area contributed by atoms with Gasteiger partial charge < -0.3 is 10.2 Å². The van der Waals surface area contributed by atoms with Gasteiger partial charge in [-0.2, -0.15) is 0 Å². The molecule has 50 heavy (non-hydrogen) atoms. The van der Waals surface area contributed by atoms with E-state index in [9.17, 15) is 13.9 Å². The van der Waals surface area contributed by atoms with Crippen molar-refractivity contribution in [3.63, 3.8) is 0 Å². The largest absolute Gasteiger partial charge is 0.481 e. The fourth-order valence-corrected chi connectivity index (χ4v) is 6.31. The lowest BCUT2D eigenvalue weighted by atomic mass is 10.2. The molecule has 0 heterocycles. The van der Waals surface area contributed by atoms with E-state index in [1.165, 1.54) is 0 Å². The van der Waals surface area contributed by atoms with Crippen LogP contribution in [0.1, 0.15) is 55.4 Å². The number of unbranched alkanes of at least 4 members (excludes halogenated alkanes) is 1. The van der Waals surface area contributed by atoms with Crippen LogP contribution < -0.4 is 0 Å². The highest BCUT2D eigenvalue weighted by Crippen LogP contribution is 2.52. The molecule has 4 rings (SSSR count). The van der Waals surface area contributed by atoms with Crippen molar-refractivity contribution in [2.45, 2.75) is 59.5 Å². The molecule has 0 aromatic heterocycles. The van der Waals surface area contributed by atoms with Crippen LogP contribution in [0.25, 0.3) is 0 Å². The van der Waals surface area contributed by atoms with Crippen molar-refractivity contribution in [1.29, 1.82) is 0 Å². The third-order valence-corrected chi connectivity index (χ3v) is 9.29. The van der Waals surface area contributed by atoms with Gasteiger partial charge in [-0.15, -0.1) is 0 Å². The first-order valence-corrected chi connectivity index (χ1v) is 18.8. The highest BCUT2D eigenvalue weighted by atomic mass is 31.2. The topological polar surface area (TPSA) is 147 Å². The Balaban J connectivity index is 0.000000340. The maximum atomic E-state index is 12.8. The van der Waals surface area contributed by atoms with Gasteiger partial charge in [0.15, 0.2) is 0 Å². The Hall–Kier alpha value is -3.47. The standard InChI is InChI=1S/C18H21O6P.C18H23O5P.CH4/c19-18(20)12-7-13-22-25(21,23-14-16-8-3-1-4-9-16)24-15-17-10-5-2-6-11-17;19-13-7-8-14-21-24(20,22-15-17-9-3-1-4-10-17)23-16-18-11-5-2-6-12-18;/h1-6,8-11H,7,12-15H2,(H,19,20);1-6,9-12,19H,7-8,13-16H2;1H4. The lowest BCUT2D eigenvalue weighted by Gasteiger charge is -2.18. The molecule has 0 unspecified atom stereocenters. The van der Waals surface area contributed by atoms with Crippen LogP contribution in [0.5, 0.6) is 0 Å². The summed E-state index contributed by atoms with van der Waals surface area (Å²) < 4.78 is 58.0. The van der Waals surface area contributed by atoms with Crippen molar-refractivity contribution in [2.24, 2.45) is 0 Å². The molecule has 0 spiro atoms. The summed E-state index contributed by atoms with van der Waals surface area (Å²) in [7, 11) is -7.48. The van der Waals surface area contributed by atoms with Gasteiger partial charge in [0.2, 0.25) is 0 Å². The molecule has 0 saturated carbocycles. The predicted octanol–water partition coefficient (Wildman–Crippen LogP) is 9.36. The third kappa shape index (κ3) is 18.5. The second kappa shape index (κ2) is 24.6. The molecule has 0 atom stereocenters. The summed E-state index contributed by atoms with van der Waals surface area (Å²) in [6.07, 6.45) is 1.32. The van der Waals surface area contributed by atoms with Gasteiger partial charge in [0.05, 0.1) is 39.6 Å². The van der Waals surface area contributed by atoms with Crippen molar-refractivity contribution in [3.05, 3.63) is 144 Å². The Morgan fingerprint density at radius 3 is 1.06 bits per heavy atom. The Morgan fingerprint density at radius 2 is 0.780 bits per heavy atom. The fraction of sp³-hybridized carbons (Fsp3) is 0.324. The molecule has 0 bridgehead atoms. The van der Waals surface area contributed by atoms with Crippen molar-refractivity contribution in [2.75, 3.05) is 19.8 Å². The van der Waals surface area contributed by atoms with E-state index in [-0.39, 0.29) is 66.5 Å². The summed E-state index contributed by atoms with van der Waals surface area (Å²) >= 11 is 0. The van der Waals surface area contributed by atoms with Crippen LogP contribution in [0.3, 0.4) is 0 Å². The Bertz CT molecular complexity index is 1450. The third-order valence-electron chi connectivity index (χ3n) is 6.51. The van der Waals surface area contributed by atoms with Gasteiger partial charge in [0.1, 0.15) is 0 Å². The summed E-state index contributed by atoms with van der Waals surface area (Å²) in [6.45, 7) is 0.704. The molecule has 272 valence electrons. The molecule has 0 aliphatic heterocycles. The normalized spacial score (nSPS) is 11.2. The first-order valence-electron chi connectivity index (χ1n) is 15.8. The average molecular weight is 731 g/mol. The van der Waals surface area contributed by atoms with Crippen LogP contribution in [-0.4, -0.2) is 36.0 Å². The molecule has 0 amide bonds. The van der Waals surface area contributed by atoms with E-state index in [2.05, 4.69) is 0 Å². The monoisotopic (exact) mass is 730 g/mol. The summed E-state index contributed by atoms with van der Waals surface area (Å²) in [5, 5.41) is 17.5. The minimum Gasteiger partial charge on any atom is -0.481 e. The zero-order valence-corrected chi connectivity index (χ0v) is 29.1. The van der Waals surface area contributed by atoms with Gasteiger partial charge in [0, 0.05) is 13.0 Å². The first-order chi connectivity index (χ1) is 23.8. The van der Waals surface area contributed by atoms with Crippen LogP contribution >= 0.6 is 15.6 Å². The molecule has 0 aliphatic rings. The number of carboxylic acids is 1. The van der Waals surface area contributed by atoms with E-state index in [1.54, 1.807) is 0 Å². The fourth-order valence-electron chi connectivity index (χ4n) is 3.92. The van der Waals surface area contributed by atoms with E-state index >= 15 is 0 Å². The molecule has 0 saturated heterocycles. The van der Waals surface area contributed by atoms with Crippen LogP contribution in [0.15, 0.2) is 121 Å². The summed E-state index contributed by atoms with van der Waals surface area (Å²) in [5.41, 5.74) is 3.44. The number of aliphatic hydroxyl groups is 1. The van der Waals surface area contributed by atoms with Crippen LogP contribution in [-0.2, 0) is 67.5 Å². The SMILES string of the molecule is C.O=C(O)CCCOP(=O)(OCc1ccccc1)OCc1ccccc1.O=P(OCCCCO)(OCc1ccccc1)OCc1ccccc1. The van der Waals surface area contributed by atoms with Crippen molar-refractivity contribution in [1.82, 2.24) is 0 Å². The van der Waals surface area contributed by atoms with E-state index in [0.29, 0.717) is 12.8 Å². The van der Waals surface area contributed by atoms with Gasteiger partial charge in [-0.25, -0.2) is 9.13 Å². The Labute approximate surface area is 295 Å². The maximum Gasteiger partial charge on any atom is 0.475 e. The first kappa shape index (κ1) is 42.7. The molecule has 13 heteroatoms. The molecular formula is C37H48O11P2. The number of aliphatic carboxylic acids is 1. The number of phosphoric acid groups is 2. The summed E-state index contributed by atoms with van der Waals surface area (Å²) in [6, 6.07) is 37.4. The van der Waals surface area contributed by atoms with Crippen LogP contribution in [0, 0.1) is 0 Å². The van der Waals surface area contributed by atoms with Crippen LogP contribution in [0.2, 0.25) is 0 Å². The van der Waals surface area contributed by atoms with Crippen molar-refractivity contribution < 1.29 is 51.3 Å². The highest BCUT2D eigenvalue weighted by Gasteiger charge is 2.28. The molecule has 11 nitrogen and oxygen atoms in total. The number of rotatable bonds is 22. The van der Waals surface area contributed by atoms with E-state index < -0.39 is 21.6 Å². The van der Waals surface area contributed by atoms with Crippen molar-refractivity contribution in [3.8, 4) is 0 Å². The summed E-state index contributed by atoms with van der Waals surface area (Å²) in [4.78, 5) is 10.6. The zero-order valence-electron chi connectivity index (χ0n) is 27.3. The van der Waals surface area contributed by atoms with Gasteiger partial charge >= 0.3 is 21.6 Å². The van der Waals surface area contributed by atoms with Gasteiger partial charge in [-0.1, -0.05) is 129 Å². The lowest BCUT2D eigenvalue weighted by Crippen LogP contribution is -2.04.